The first-order chi connectivity index (χ1) is 9.45. The maximum atomic E-state index is 11.8. The van der Waals surface area contributed by atoms with Crippen molar-refractivity contribution in [2.45, 2.75) is 23.8 Å². The van der Waals surface area contributed by atoms with Crippen LogP contribution in [0.1, 0.15) is 12.8 Å². The molecule has 2 aliphatic rings. The van der Waals surface area contributed by atoms with Crippen molar-refractivity contribution in [1.82, 2.24) is 4.90 Å². The van der Waals surface area contributed by atoms with E-state index in [-0.39, 0.29) is 4.90 Å². The van der Waals surface area contributed by atoms with E-state index < -0.39 is 10.0 Å². The molecule has 0 amide bonds. The van der Waals surface area contributed by atoms with E-state index in [2.05, 4.69) is 9.80 Å². The van der Waals surface area contributed by atoms with E-state index in [1.165, 1.54) is 18.9 Å². The largest absolute Gasteiger partial charge is 0.399 e. The normalized spacial score (nSPS) is 23.9. The molecule has 4 N–H and O–H groups in total. The minimum atomic E-state index is -3.76. The summed E-state index contributed by atoms with van der Waals surface area (Å²) in [4.78, 5) is 4.72. The predicted octanol–water partition coefficient (Wildman–Crippen LogP) is 0.201. The zero-order valence-corrected chi connectivity index (χ0v) is 12.1. The van der Waals surface area contributed by atoms with Crippen LogP contribution >= 0.6 is 0 Å². The summed E-state index contributed by atoms with van der Waals surface area (Å²) in [6, 6.07) is 5.46. The Morgan fingerprint density at radius 2 is 2.00 bits per heavy atom. The minimum absolute atomic E-state index is 0.129. The van der Waals surface area contributed by atoms with Crippen LogP contribution in [0.4, 0.5) is 11.4 Å². The number of benzene rings is 1. The molecule has 0 radical (unpaired) electrons. The Balaban J connectivity index is 1.94. The van der Waals surface area contributed by atoms with Crippen molar-refractivity contribution in [3.63, 3.8) is 0 Å². The molecule has 2 saturated heterocycles. The highest BCUT2D eigenvalue weighted by Gasteiger charge is 2.32. The zero-order valence-electron chi connectivity index (χ0n) is 11.3. The number of hydrogen-bond donors (Lipinski definition) is 2. The first-order valence-electron chi connectivity index (χ1n) is 6.86. The van der Waals surface area contributed by atoms with Crippen LogP contribution in [0, 0.1) is 0 Å². The lowest BCUT2D eigenvalue weighted by molar-refractivity contribution is 0.230. The molecule has 1 unspecified atom stereocenters. The Bertz CT molecular complexity index is 617. The predicted molar refractivity (Wildman–Crippen MR) is 79.0 cm³/mol. The molecule has 6 nitrogen and oxygen atoms in total. The van der Waals surface area contributed by atoms with Crippen molar-refractivity contribution in [2.75, 3.05) is 36.8 Å². The van der Waals surface area contributed by atoms with Crippen LogP contribution in [-0.2, 0) is 10.0 Å². The van der Waals surface area contributed by atoms with Crippen LogP contribution in [0.5, 0.6) is 0 Å². The standard InChI is InChI=1S/C13H20N4O2S/c14-10-3-4-12(13(8-10)20(15,18)19)17-7-6-16-5-1-2-11(16)9-17/h3-4,8,11H,1-2,5-7,9,14H2,(H2,15,18,19). The topological polar surface area (TPSA) is 92.7 Å². The average Bonchev–Trinajstić information content (AvgIpc) is 2.84. The molecule has 7 heteroatoms. The second-order valence-corrected chi connectivity index (χ2v) is 7.08. The lowest BCUT2D eigenvalue weighted by Crippen LogP contribution is -2.50. The van der Waals surface area contributed by atoms with Gasteiger partial charge in [0.05, 0.1) is 5.69 Å². The van der Waals surface area contributed by atoms with E-state index in [9.17, 15) is 8.42 Å². The molecule has 1 aromatic rings. The van der Waals surface area contributed by atoms with Crippen molar-refractivity contribution < 1.29 is 8.42 Å². The number of nitrogen functional groups attached to an aromatic ring is 1. The molecular formula is C13H20N4O2S. The van der Waals surface area contributed by atoms with Crippen molar-refractivity contribution in [1.29, 1.82) is 0 Å². The number of sulfonamides is 1. The van der Waals surface area contributed by atoms with Crippen LogP contribution < -0.4 is 15.8 Å². The van der Waals surface area contributed by atoms with E-state index in [1.54, 1.807) is 12.1 Å². The van der Waals surface area contributed by atoms with Gasteiger partial charge >= 0.3 is 0 Å². The van der Waals surface area contributed by atoms with E-state index in [0.717, 1.165) is 26.2 Å². The molecule has 2 heterocycles. The van der Waals surface area contributed by atoms with Gasteiger partial charge < -0.3 is 10.6 Å². The Morgan fingerprint density at radius 1 is 1.20 bits per heavy atom. The second kappa shape index (κ2) is 4.91. The molecule has 3 rings (SSSR count). The maximum Gasteiger partial charge on any atom is 0.240 e. The maximum absolute atomic E-state index is 11.8. The molecule has 0 aliphatic carbocycles. The fraction of sp³-hybridized carbons (Fsp3) is 0.538. The van der Waals surface area contributed by atoms with E-state index >= 15 is 0 Å². The van der Waals surface area contributed by atoms with Crippen molar-refractivity contribution >= 4 is 21.4 Å². The molecule has 0 saturated carbocycles. The first-order valence-corrected chi connectivity index (χ1v) is 8.41. The summed E-state index contributed by atoms with van der Waals surface area (Å²) < 4.78 is 23.5. The number of nitrogens with two attached hydrogens (primary N) is 2. The number of rotatable bonds is 2. The van der Waals surface area contributed by atoms with Gasteiger partial charge in [-0.2, -0.15) is 0 Å². The molecule has 0 aromatic heterocycles. The molecule has 110 valence electrons. The van der Waals surface area contributed by atoms with E-state index in [4.69, 9.17) is 10.9 Å². The zero-order chi connectivity index (χ0) is 14.3. The molecule has 0 spiro atoms. The monoisotopic (exact) mass is 296 g/mol. The van der Waals surface area contributed by atoms with Crippen LogP contribution in [0.25, 0.3) is 0 Å². The van der Waals surface area contributed by atoms with Crippen LogP contribution in [0.2, 0.25) is 0 Å². The van der Waals surface area contributed by atoms with E-state index in [0.29, 0.717) is 17.4 Å². The van der Waals surface area contributed by atoms with Gasteiger partial charge in [0.2, 0.25) is 10.0 Å². The van der Waals surface area contributed by atoms with Gasteiger partial charge in [-0.25, -0.2) is 13.6 Å². The van der Waals surface area contributed by atoms with Gasteiger partial charge in [0.15, 0.2) is 0 Å². The van der Waals surface area contributed by atoms with Crippen LogP contribution in [-0.4, -0.2) is 45.5 Å². The molecule has 2 aliphatic heterocycles. The van der Waals surface area contributed by atoms with Gasteiger partial charge in [0.25, 0.3) is 0 Å². The van der Waals surface area contributed by atoms with Crippen molar-refractivity contribution in [3.05, 3.63) is 18.2 Å². The summed E-state index contributed by atoms with van der Waals surface area (Å²) in [5.74, 6) is 0. The fourth-order valence-electron chi connectivity index (χ4n) is 3.23. The number of hydrogen-bond acceptors (Lipinski definition) is 5. The lowest BCUT2D eigenvalue weighted by Gasteiger charge is -2.39. The summed E-state index contributed by atoms with van der Waals surface area (Å²) in [7, 11) is -3.76. The molecule has 1 atom stereocenters. The molecule has 2 fully saturated rings. The van der Waals surface area contributed by atoms with E-state index in [1.807, 2.05) is 0 Å². The molecular weight excluding hydrogens is 276 g/mol. The van der Waals surface area contributed by atoms with Crippen LogP contribution in [0.15, 0.2) is 23.1 Å². The summed E-state index contributed by atoms with van der Waals surface area (Å²) in [5.41, 5.74) is 6.78. The third kappa shape index (κ3) is 2.48. The third-order valence-corrected chi connectivity index (χ3v) is 5.16. The smallest absolute Gasteiger partial charge is 0.240 e. The number of fused-ring (bicyclic) bond motifs is 1. The third-order valence-electron chi connectivity index (χ3n) is 4.22. The number of nitrogens with zero attached hydrogens (tertiary/aromatic N) is 2. The number of anilines is 2. The Hall–Kier alpha value is -1.31. The van der Waals surface area contributed by atoms with Gasteiger partial charge in [-0.05, 0) is 37.6 Å². The molecule has 0 bridgehead atoms. The molecule has 20 heavy (non-hydrogen) atoms. The summed E-state index contributed by atoms with van der Waals surface area (Å²) in [5, 5.41) is 5.32. The Kier molecular flexibility index (Phi) is 3.35. The second-order valence-electron chi connectivity index (χ2n) is 5.55. The highest BCUT2D eigenvalue weighted by Crippen LogP contribution is 2.30. The number of piperazine rings is 1. The summed E-state index contributed by atoms with van der Waals surface area (Å²) >= 11 is 0. The number of primary sulfonamides is 1. The lowest BCUT2D eigenvalue weighted by atomic mass is 10.1. The summed E-state index contributed by atoms with van der Waals surface area (Å²) in [6.45, 7) is 3.80. The first kappa shape index (κ1) is 13.7. The van der Waals surface area contributed by atoms with Gasteiger partial charge in [-0.1, -0.05) is 0 Å². The van der Waals surface area contributed by atoms with Gasteiger partial charge in [0, 0.05) is 31.4 Å². The highest BCUT2D eigenvalue weighted by atomic mass is 32.2. The highest BCUT2D eigenvalue weighted by molar-refractivity contribution is 7.89. The molecule has 1 aromatic carbocycles. The fourth-order valence-corrected chi connectivity index (χ4v) is 4.02. The van der Waals surface area contributed by atoms with Crippen LogP contribution in [0.3, 0.4) is 0 Å². The Morgan fingerprint density at radius 3 is 2.75 bits per heavy atom. The van der Waals surface area contributed by atoms with Gasteiger partial charge in [0.1, 0.15) is 4.90 Å². The van der Waals surface area contributed by atoms with Gasteiger partial charge in [-0.15, -0.1) is 0 Å². The quantitative estimate of drug-likeness (QED) is 0.761. The Labute approximate surface area is 119 Å². The van der Waals surface area contributed by atoms with Gasteiger partial charge in [-0.3, -0.25) is 4.90 Å². The van der Waals surface area contributed by atoms with Crippen molar-refractivity contribution in [3.8, 4) is 0 Å². The average molecular weight is 296 g/mol. The SMILES string of the molecule is Nc1ccc(N2CCN3CCCC3C2)c(S(N)(=O)=O)c1. The van der Waals surface area contributed by atoms with Crippen molar-refractivity contribution in [2.24, 2.45) is 5.14 Å². The minimum Gasteiger partial charge on any atom is -0.399 e. The summed E-state index contributed by atoms with van der Waals surface area (Å²) in [6.07, 6.45) is 2.40.